The molecule has 2 aromatic rings. The molecular weight excluding hydrogens is 392 g/mol. The lowest BCUT2D eigenvalue weighted by molar-refractivity contribution is -0.385. The van der Waals surface area contributed by atoms with Crippen LogP contribution in [0.15, 0.2) is 54.6 Å². The highest BCUT2D eigenvalue weighted by Gasteiger charge is 2.10. The Bertz CT molecular complexity index is 959. The summed E-state index contributed by atoms with van der Waals surface area (Å²) < 4.78 is 0. The second kappa shape index (κ2) is 10.7. The molecule has 0 saturated heterocycles. The van der Waals surface area contributed by atoms with E-state index in [1.165, 1.54) is 18.2 Å². The Morgan fingerprint density at radius 1 is 1.10 bits per heavy atom. The van der Waals surface area contributed by atoms with E-state index in [0.717, 1.165) is 12.5 Å². The molecule has 0 spiro atoms. The second-order valence-corrected chi connectivity index (χ2v) is 6.38. The van der Waals surface area contributed by atoms with Crippen LogP contribution in [-0.2, 0) is 9.59 Å². The van der Waals surface area contributed by atoms with Gasteiger partial charge in [-0.3, -0.25) is 25.0 Å². The summed E-state index contributed by atoms with van der Waals surface area (Å²) in [6.45, 7) is 1.92. The second-order valence-electron chi connectivity index (χ2n) is 5.97. The van der Waals surface area contributed by atoms with Crippen LogP contribution in [0.3, 0.4) is 0 Å². The van der Waals surface area contributed by atoms with Crippen LogP contribution in [0.2, 0.25) is 0 Å². The number of nitro benzene ring substituents is 1. The standard InChI is InChI=1S/C20H20N4O4S/c1-2-6-18(25)21-15-8-5-9-16(13-15)22-20(29)23-19(26)12-11-14-7-3-4-10-17(14)24(27)28/h3-5,7-13H,2,6H2,1H3,(H,21,25)(H2,22,23,26,29). The number of nitrogens with one attached hydrogen (secondary N) is 3. The number of amides is 2. The molecule has 0 aliphatic carbocycles. The number of anilines is 2. The smallest absolute Gasteiger partial charge is 0.276 e. The first-order valence-corrected chi connectivity index (χ1v) is 9.23. The zero-order valence-corrected chi connectivity index (χ0v) is 16.5. The molecular formula is C20H20N4O4S. The molecule has 0 heterocycles. The molecule has 0 fully saturated rings. The Morgan fingerprint density at radius 2 is 1.79 bits per heavy atom. The van der Waals surface area contributed by atoms with Crippen LogP contribution >= 0.6 is 12.2 Å². The number of carbonyl (C=O) groups excluding carboxylic acids is 2. The summed E-state index contributed by atoms with van der Waals surface area (Å²) in [5.41, 5.74) is 1.41. The molecule has 0 unspecified atom stereocenters. The predicted octanol–water partition coefficient (Wildman–Crippen LogP) is 3.86. The number of hydrogen-bond donors (Lipinski definition) is 3. The third-order valence-electron chi connectivity index (χ3n) is 3.67. The fourth-order valence-corrected chi connectivity index (χ4v) is 2.62. The van der Waals surface area contributed by atoms with Crippen LogP contribution in [0.4, 0.5) is 17.1 Å². The van der Waals surface area contributed by atoms with Crippen molar-refractivity contribution in [1.82, 2.24) is 5.32 Å². The van der Waals surface area contributed by atoms with Crippen molar-refractivity contribution in [3.63, 3.8) is 0 Å². The fourth-order valence-electron chi connectivity index (χ4n) is 2.40. The van der Waals surface area contributed by atoms with Gasteiger partial charge in [0.25, 0.3) is 5.69 Å². The maximum Gasteiger partial charge on any atom is 0.276 e. The van der Waals surface area contributed by atoms with Crippen molar-refractivity contribution >= 4 is 52.3 Å². The summed E-state index contributed by atoms with van der Waals surface area (Å²) in [5.74, 6) is -0.617. The third-order valence-corrected chi connectivity index (χ3v) is 3.87. The summed E-state index contributed by atoms with van der Waals surface area (Å²) in [6, 6.07) is 13.0. The van der Waals surface area contributed by atoms with Gasteiger partial charge in [-0.05, 0) is 49.0 Å². The molecule has 0 atom stereocenters. The van der Waals surface area contributed by atoms with E-state index in [4.69, 9.17) is 12.2 Å². The van der Waals surface area contributed by atoms with Crippen molar-refractivity contribution < 1.29 is 14.5 Å². The monoisotopic (exact) mass is 412 g/mol. The lowest BCUT2D eigenvalue weighted by Gasteiger charge is -2.10. The number of carbonyl (C=O) groups is 2. The zero-order chi connectivity index (χ0) is 21.2. The average Bonchev–Trinajstić information content (AvgIpc) is 2.66. The minimum atomic E-state index is -0.534. The van der Waals surface area contributed by atoms with E-state index in [1.807, 2.05) is 6.92 Å². The number of nitro groups is 1. The van der Waals surface area contributed by atoms with E-state index < -0.39 is 10.8 Å². The van der Waals surface area contributed by atoms with Gasteiger partial charge in [0, 0.05) is 29.9 Å². The first-order chi connectivity index (χ1) is 13.9. The predicted molar refractivity (Wildman–Crippen MR) is 116 cm³/mol. The number of thiocarbonyl (C=S) groups is 1. The Kier molecular flexibility index (Phi) is 7.99. The number of hydrogen-bond acceptors (Lipinski definition) is 5. The highest BCUT2D eigenvalue weighted by molar-refractivity contribution is 7.80. The Balaban J connectivity index is 1.95. The molecule has 9 heteroatoms. The molecule has 0 saturated carbocycles. The maximum absolute atomic E-state index is 12.0. The molecule has 0 aliphatic rings. The Labute approximate surface area is 173 Å². The molecule has 3 N–H and O–H groups in total. The minimum absolute atomic E-state index is 0.0549. The molecule has 0 radical (unpaired) electrons. The third kappa shape index (κ3) is 7.15. The fraction of sp³-hybridized carbons (Fsp3) is 0.150. The van der Waals surface area contributed by atoms with Crippen molar-refractivity contribution in [2.75, 3.05) is 10.6 Å². The van der Waals surface area contributed by atoms with Gasteiger partial charge in [0.2, 0.25) is 11.8 Å². The van der Waals surface area contributed by atoms with Gasteiger partial charge in [0.05, 0.1) is 10.5 Å². The van der Waals surface area contributed by atoms with Gasteiger partial charge >= 0.3 is 0 Å². The highest BCUT2D eigenvalue weighted by Crippen LogP contribution is 2.19. The van der Waals surface area contributed by atoms with Gasteiger partial charge in [0.15, 0.2) is 5.11 Å². The van der Waals surface area contributed by atoms with Gasteiger partial charge in [-0.15, -0.1) is 0 Å². The van der Waals surface area contributed by atoms with Crippen molar-refractivity contribution in [3.05, 3.63) is 70.3 Å². The van der Waals surface area contributed by atoms with Crippen LogP contribution in [0.5, 0.6) is 0 Å². The van der Waals surface area contributed by atoms with E-state index in [0.29, 0.717) is 23.4 Å². The van der Waals surface area contributed by atoms with E-state index in [9.17, 15) is 19.7 Å². The van der Waals surface area contributed by atoms with E-state index >= 15 is 0 Å². The zero-order valence-electron chi connectivity index (χ0n) is 15.7. The molecule has 2 rings (SSSR count). The van der Waals surface area contributed by atoms with Crippen molar-refractivity contribution in [2.24, 2.45) is 0 Å². The summed E-state index contributed by atoms with van der Waals surface area (Å²) in [4.78, 5) is 34.2. The van der Waals surface area contributed by atoms with Gasteiger partial charge in [0.1, 0.15) is 0 Å². The molecule has 0 aliphatic heterocycles. The Morgan fingerprint density at radius 3 is 2.48 bits per heavy atom. The highest BCUT2D eigenvalue weighted by atomic mass is 32.1. The first kappa shape index (κ1) is 21.7. The molecule has 0 aromatic heterocycles. The van der Waals surface area contributed by atoms with E-state index in [-0.39, 0.29) is 16.7 Å². The molecule has 2 aromatic carbocycles. The average molecular weight is 412 g/mol. The van der Waals surface area contributed by atoms with E-state index in [1.54, 1.807) is 36.4 Å². The summed E-state index contributed by atoms with van der Waals surface area (Å²) >= 11 is 5.11. The quantitative estimate of drug-likeness (QED) is 0.275. The SMILES string of the molecule is CCCC(=O)Nc1cccc(NC(=S)NC(=O)C=Cc2ccccc2[N+](=O)[O-])c1. The van der Waals surface area contributed by atoms with Gasteiger partial charge in [-0.1, -0.05) is 25.1 Å². The van der Waals surface area contributed by atoms with Crippen LogP contribution in [0.1, 0.15) is 25.3 Å². The largest absolute Gasteiger partial charge is 0.332 e. The molecule has 2 amide bonds. The van der Waals surface area contributed by atoms with Crippen molar-refractivity contribution in [2.45, 2.75) is 19.8 Å². The minimum Gasteiger partial charge on any atom is -0.332 e. The van der Waals surface area contributed by atoms with Crippen molar-refractivity contribution in [3.8, 4) is 0 Å². The topological polar surface area (TPSA) is 113 Å². The van der Waals surface area contributed by atoms with Gasteiger partial charge < -0.3 is 10.6 Å². The maximum atomic E-state index is 12.0. The lowest BCUT2D eigenvalue weighted by Crippen LogP contribution is -2.32. The summed E-state index contributed by atoms with van der Waals surface area (Å²) in [5, 5.41) is 19.1. The molecule has 150 valence electrons. The summed E-state index contributed by atoms with van der Waals surface area (Å²) in [6.07, 6.45) is 3.69. The van der Waals surface area contributed by atoms with Crippen molar-refractivity contribution in [1.29, 1.82) is 0 Å². The van der Waals surface area contributed by atoms with Gasteiger partial charge in [-0.2, -0.15) is 0 Å². The Hall–Kier alpha value is -3.59. The van der Waals surface area contributed by atoms with Crippen LogP contribution in [0.25, 0.3) is 6.08 Å². The number of rotatable bonds is 7. The van der Waals surface area contributed by atoms with Gasteiger partial charge in [-0.25, -0.2) is 0 Å². The number of benzene rings is 2. The number of nitrogens with zero attached hydrogens (tertiary/aromatic N) is 1. The first-order valence-electron chi connectivity index (χ1n) is 8.82. The molecule has 8 nitrogen and oxygen atoms in total. The van der Waals surface area contributed by atoms with E-state index in [2.05, 4.69) is 16.0 Å². The van der Waals surface area contributed by atoms with Crippen LogP contribution in [0, 0.1) is 10.1 Å². The normalized spacial score (nSPS) is 10.4. The number of para-hydroxylation sites is 1. The van der Waals surface area contributed by atoms with Crippen LogP contribution in [-0.4, -0.2) is 21.9 Å². The molecule has 0 bridgehead atoms. The molecule has 29 heavy (non-hydrogen) atoms. The summed E-state index contributed by atoms with van der Waals surface area (Å²) in [7, 11) is 0. The van der Waals surface area contributed by atoms with Crippen LogP contribution < -0.4 is 16.0 Å². The lowest BCUT2D eigenvalue weighted by atomic mass is 10.1.